The Kier molecular flexibility index (Phi) is 5.57. The number of carbonyl (C=O) groups is 2. The topological polar surface area (TPSA) is 71.5 Å². The molecule has 0 fully saturated rings. The molecule has 0 spiro atoms. The van der Waals surface area contributed by atoms with E-state index in [1.165, 1.54) is 16.2 Å². The second kappa shape index (κ2) is 6.95. The third kappa shape index (κ3) is 4.70. The van der Waals surface area contributed by atoms with E-state index >= 15 is 0 Å². The minimum Gasteiger partial charge on any atom is -0.466 e. The standard InChI is InChI=1S/C11H17N3O3S/c1-4-17-10(16)5-8-7-18-11(13-8)12-6-9(15)14(2)3/h7H,4-6H2,1-3H3,(H,12,13). The van der Waals surface area contributed by atoms with E-state index in [-0.39, 0.29) is 24.8 Å². The molecule has 0 unspecified atom stereocenters. The first-order chi connectivity index (χ1) is 8.52. The van der Waals surface area contributed by atoms with E-state index in [4.69, 9.17) is 4.74 Å². The molecular formula is C11H17N3O3S. The van der Waals surface area contributed by atoms with Gasteiger partial charge in [-0.3, -0.25) is 9.59 Å². The van der Waals surface area contributed by atoms with Crippen LogP contribution in [-0.2, 0) is 20.7 Å². The van der Waals surface area contributed by atoms with Crippen molar-refractivity contribution in [1.82, 2.24) is 9.88 Å². The SMILES string of the molecule is CCOC(=O)Cc1csc(NCC(=O)N(C)C)n1. The monoisotopic (exact) mass is 271 g/mol. The molecule has 0 aromatic carbocycles. The lowest BCUT2D eigenvalue weighted by atomic mass is 10.3. The molecule has 0 aliphatic carbocycles. The Bertz CT molecular complexity index is 417. The van der Waals surface area contributed by atoms with Gasteiger partial charge in [0.15, 0.2) is 5.13 Å². The molecule has 0 bridgehead atoms. The molecule has 100 valence electrons. The summed E-state index contributed by atoms with van der Waals surface area (Å²) in [5.41, 5.74) is 0.651. The Labute approximate surface area is 110 Å². The van der Waals surface area contributed by atoms with Crippen LogP contribution in [0.1, 0.15) is 12.6 Å². The number of amides is 1. The molecule has 0 aliphatic heterocycles. The van der Waals surface area contributed by atoms with Crippen LogP contribution >= 0.6 is 11.3 Å². The third-order valence-corrected chi connectivity index (χ3v) is 2.92. The zero-order chi connectivity index (χ0) is 13.5. The number of rotatable bonds is 6. The van der Waals surface area contributed by atoms with Crippen LogP contribution in [0.15, 0.2) is 5.38 Å². The van der Waals surface area contributed by atoms with Crippen molar-refractivity contribution in [1.29, 1.82) is 0 Å². The van der Waals surface area contributed by atoms with Gasteiger partial charge in [-0.1, -0.05) is 0 Å². The van der Waals surface area contributed by atoms with E-state index in [2.05, 4.69) is 10.3 Å². The summed E-state index contributed by atoms with van der Waals surface area (Å²) >= 11 is 1.36. The number of hydrogen-bond acceptors (Lipinski definition) is 6. The normalized spacial score (nSPS) is 9.94. The summed E-state index contributed by atoms with van der Waals surface area (Å²) < 4.78 is 4.83. The highest BCUT2D eigenvalue weighted by Crippen LogP contribution is 2.15. The van der Waals surface area contributed by atoms with Crippen molar-refractivity contribution in [2.45, 2.75) is 13.3 Å². The maximum Gasteiger partial charge on any atom is 0.311 e. The quantitative estimate of drug-likeness (QED) is 0.773. The number of carbonyl (C=O) groups excluding carboxylic acids is 2. The highest BCUT2D eigenvalue weighted by Gasteiger charge is 2.09. The number of esters is 1. The van der Waals surface area contributed by atoms with Crippen LogP contribution < -0.4 is 5.32 Å². The fraction of sp³-hybridized carbons (Fsp3) is 0.545. The van der Waals surface area contributed by atoms with Gasteiger partial charge in [0, 0.05) is 19.5 Å². The van der Waals surface area contributed by atoms with Crippen LogP contribution in [0.2, 0.25) is 0 Å². The first kappa shape index (κ1) is 14.4. The van der Waals surface area contributed by atoms with Gasteiger partial charge in [0.25, 0.3) is 0 Å². The number of likely N-dealkylation sites (N-methyl/N-ethyl adjacent to an activating group) is 1. The van der Waals surface area contributed by atoms with Crippen molar-refractivity contribution in [3.63, 3.8) is 0 Å². The van der Waals surface area contributed by atoms with E-state index in [9.17, 15) is 9.59 Å². The van der Waals surface area contributed by atoms with Gasteiger partial charge in [-0.05, 0) is 6.92 Å². The van der Waals surface area contributed by atoms with Gasteiger partial charge in [-0.2, -0.15) is 0 Å². The number of nitrogens with zero attached hydrogens (tertiary/aromatic N) is 2. The lowest BCUT2D eigenvalue weighted by molar-refractivity contribution is -0.142. The summed E-state index contributed by atoms with van der Waals surface area (Å²) in [5.74, 6) is -0.323. The molecule has 1 heterocycles. The summed E-state index contributed by atoms with van der Waals surface area (Å²) in [6.45, 7) is 2.32. The van der Waals surface area contributed by atoms with Gasteiger partial charge in [0.1, 0.15) is 0 Å². The fourth-order valence-electron chi connectivity index (χ4n) is 1.14. The minimum absolute atomic E-state index is 0.0304. The molecule has 0 radical (unpaired) electrons. The molecule has 1 aromatic heterocycles. The molecular weight excluding hydrogens is 254 g/mol. The van der Waals surface area contributed by atoms with Crippen LogP contribution in [0.25, 0.3) is 0 Å². The first-order valence-electron chi connectivity index (χ1n) is 5.57. The number of nitrogens with one attached hydrogen (secondary N) is 1. The van der Waals surface area contributed by atoms with Gasteiger partial charge in [-0.15, -0.1) is 11.3 Å². The Morgan fingerprint density at radius 1 is 1.50 bits per heavy atom. The zero-order valence-electron chi connectivity index (χ0n) is 10.7. The van der Waals surface area contributed by atoms with Crippen molar-refractivity contribution in [3.05, 3.63) is 11.1 Å². The summed E-state index contributed by atoms with van der Waals surface area (Å²) in [7, 11) is 3.39. The molecule has 0 atom stereocenters. The summed E-state index contributed by atoms with van der Waals surface area (Å²) in [4.78, 5) is 28.3. The van der Waals surface area contributed by atoms with Crippen LogP contribution in [-0.4, -0.2) is 49.0 Å². The Hall–Kier alpha value is -1.63. The number of thiazole rings is 1. The maximum absolute atomic E-state index is 11.4. The molecule has 6 nitrogen and oxygen atoms in total. The van der Waals surface area contributed by atoms with E-state index in [0.29, 0.717) is 17.4 Å². The van der Waals surface area contributed by atoms with Crippen molar-refractivity contribution in [2.24, 2.45) is 0 Å². The summed E-state index contributed by atoms with van der Waals surface area (Å²) in [5, 5.41) is 5.32. The molecule has 0 saturated heterocycles. The molecule has 0 saturated carbocycles. The van der Waals surface area contributed by atoms with E-state index in [1.54, 1.807) is 26.4 Å². The molecule has 0 aliphatic rings. The smallest absolute Gasteiger partial charge is 0.311 e. The van der Waals surface area contributed by atoms with Crippen LogP contribution in [0.4, 0.5) is 5.13 Å². The molecule has 7 heteroatoms. The van der Waals surface area contributed by atoms with E-state index in [1.807, 2.05) is 0 Å². The van der Waals surface area contributed by atoms with Crippen molar-refractivity contribution >= 4 is 28.3 Å². The second-order valence-electron chi connectivity index (χ2n) is 3.77. The van der Waals surface area contributed by atoms with Crippen LogP contribution in [0.3, 0.4) is 0 Å². The predicted molar refractivity (Wildman–Crippen MR) is 69.6 cm³/mol. The lowest BCUT2D eigenvalue weighted by Crippen LogP contribution is -2.28. The molecule has 1 N–H and O–H groups in total. The van der Waals surface area contributed by atoms with E-state index in [0.717, 1.165) is 0 Å². The van der Waals surface area contributed by atoms with E-state index < -0.39 is 0 Å². The largest absolute Gasteiger partial charge is 0.466 e. The van der Waals surface area contributed by atoms with Crippen molar-refractivity contribution in [3.8, 4) is 0 Å². The fourth-order valence-corrected chi connectivity index (χ4v) is 1.85. The molecule has 1 amide bonds. The minimum atomic E-state index is -0.293. The Balaban J connectivity index is 2.43. The van der Waals surface area contributed by atoms with Gasteiger partial charge < -0.3 is 15.0 Å². The first-order valence-corrected chi connectivity index (χ1v) is 6.45. The number of hydrogen-bond donors (Lipinski definition) is 1. The van der Waals surface area contributed by atoms with Crippen molar-refractivity contribution < 1.29 is 14.3 Å². The highest BCUT2D eigenvalue weighted by atomic mass is 32.1. The van der Waals surface area contributed by atoms with Crippen molar-refractivity contribution in [2.75, 3.05) is 32.6 Å². The van der Waals surface area contributed by atoms with Gasteiger partial charge in [-0.25, -0.2) is 4.98 Å². The van der Waals surface area contributed by atoms with Crippen LogP contribution in [0.5, 0.6) is 0 Å². The average molecular weight is 271 g/mol. The molecule has 18 heavy (non-hydrogen) atoms. The third-order valence-electron chi connectivity index (χ3n) is 2.07. The van der Waals surface area contributed by atoms with Gasteiger partial charge >= 0.3 is 5.97 Å². The Morgan fingerprint density at radius 2 is 2.22 bits per heavy atom. The highest BCUT2D eigenvalue weighted by molar-refractivity contribution is 7.13. The molecule has 1 rings (SSSR count). The van der Waals surface area contributed by atoms with Gasteiger partial charge in [0.05, 0.1) is 25.3 Å². The number of ether oxygens (including phenoxy) is 1. The lowest BCUT2D eigenvalue weighted by Gasteiger charge is -2.09. The number of aromatic nitrogens is 1. The predicted octanol–water partition coefficient (Wildman–Crippen LogP) is 0.749. The second-order valence-corrected chi connectivity index (χ2v) is 4.63. The average Bonchev–Trinajstić information content (AvgIpc) is 2.73. The maximum atomic E-state index is 11.4. The molecule has 1 aromatic rings. The zero-order valence-corrected chi connectivity index (χ0v) is 11.5. The number of anilines is 1. The Morgan fingerprint density at radius 3 is 2.83 bits per heavy atom. The van der Waals surface area contributed by atoms with Crippen LogP contribution in [0, 0.1) is 0 Å². The summed E-state index contributed by atoms with van der Waals surface area (Å²) in [6.07, 6.45) is 0.160. The van der Waals surface area contributed by atoms with Gasteiger partial charge in [0.2, 0.25) is 5.91 Å². The summed E-state index contributed by atoms with van der Waals surface area (Å²) in [6, 6.07) is 0.